The number of nitrogens with one attached hydrogen (secondary N) is 2. The standard InChI is InChI=1S/C14H20ClN3O2.C6H8O7/c1-16-13-3-2-11(15)10-12(13)14(19)17-4-5-18-6-8-20-9-7-18;7-3(8)1-6(13,5(11)12)2-4(9)10/h2-3,10,16H,4-9H2,1H3,(H,17,19);13H,1-2H2,(H,7,8)(H,9,10)(H,11,12). The van der Waals surface area contributed by atoms with Crippen LogP contribution in [0.25, 0.3) is 0 Å². The molecule has 1 saturated heterocycles. The number of carbonyl (C=O) groups excluding carboxylic acids is 1. The Hall–Kier alpha value is -2.93. The quantitative estimate of drug-likeness (QED) is 0.263. The van der Waals surface area contributed by atoms with Crippen LogP contribution in [0.2, 0.25) is 5.02 Å². The van der Waals surface area contributed by atoms with E-state index in [0.717, 1.165) is 38.5 Å². The molecule has 0 radical (unpaired) electrons. The summed E-state index contributed by atoms with van der Waals surface area (Å²) in [6.07, 6.45) is -2.29. The predicted octanol–water partition coefficient (Wildman–Crippen LogP) is 0.195. The second kappa shape index (κ2) is 13.6. The highest BCUT2D eigenvalue weighted by Crippen LogP contribution is 2.20. The third-order valence-electron chi connectivity index (χ3n) is 4.60. The van der Waals surface area contributed by atoms with Gasteiger partial charge in [0.05, 0.1) is 31.6 Å². The number of halogens is 1. The number of carboxylic acid groups (broad SMARTS) is 3. The Kier molecular flexibility index (Phi) is 11.6. The number of carboxylic acids is 3. The van der Waals surface area contributed by atoms with Gasteiger partial charge in [-0.2, -0.15) is 0 Å². The summed E-state index contributed by atoms with van der Waals surface area (Å²) in [7, 11) is 1.79. The molecular formula is C20H28ClN3O9. The van der Waals surface area contributed by atoms with Crippen molar-refractivity contribution < 1.29 is 44.3 Å². The highest BCUT2D eigenvalue weighted by atomic mass is 35.5. The zero-order valence-electron chi connectivity index (χ0n) is 18.0. The third kappa shape index (κ3) is 10.0. The van der Waals surface area contributed by atoms with Crippen molar-refractivity contribution in [2.45, 2.75) is 18.4 Å². The highest BCUT2D eigenvalue weighted by molar-refractivity contribution is 6.31. The summed E-state index contributed by atoms with van der Waals surface area (Å²) in [5.41, 5.74) is -1.39. The summed E-state index contributed by atoms with van der Waals surface area (Å²) in [4.78, 5) is 44.9. The smallest absolute Gasteiger partial charge is 0.336 e. The first kappa shape index (κ1) is 28.1. The lowest BCUT2D eigenvalue weighted by molar-refractivity contribution is -0.170. The Balaban J connectivity index is 0.000000366. The van der Waals surface area contributed by atoms with Gasteiger partial charge in [0, 0.05) is 43.9 Å². The molecule has 1 fully saturated rings. The van der Waals surface area contributed by atoms with Gasteiger partial charge in [-0.15, -0.1) is 0 Å². The molecule has 0 aliphatic carbocycles. The molecule has 0 bridgehead atoms. The first-order chi connectivity index (χ1) is 15.5. The molecule has 0 unspecified atom stereocenters. The normalized spacial score (nSPS) is 13.9. The summed E-state index contributed by atoms with van der Waals surface area (Å²) in [5.74, 6) is -5.13. The molecule has 2 rings (SSSR count). The molecule has 1 aromatic rings. The van der Waals surface area contributed by atoms with Gasteiger partial charge in [-0.05, 0) is 18.2 Å². The van der Waals surface area contributed by atoms with E-state index in [1.54, 1.807) is 25.2 Å². The summed E-state index contributed by atoms with van der Waals surface area (Å²) in [6, 6.07) is 5.24. The Bertz CT molecular complexity index is 828. The summed E-state index contributed by atoms with van der Waals surface area (Å²) >= 11 is 5.94. The van der Waals surface area contributed by atoms with E-state index in [4.69, 9.17) is 36.8 Å². The molecule has 13 heteroatoms. The van der Waals surface area contributed by atoms with Crippen molar-refractivity contribution in [2.75, 3.05) is 51.8 Å². The second-order valence-corrected chi connectivity index (χ2v) is 7.56. The van der Waals surface area contributed by atoms with Gasteiger partial charge in [-0.1, -0.05) is 11.6 Å². The largest absolute Gasteiger partial charge is 0.481 e. The van der Waals surface area contributed by atoms with Gasteiger partial charge in [0.1, 0.15) is 0 Å². The predicted molar refractivity (Wildman–Crippen MR) is 118 cm³/mol. The molecule has 6 N–H and O–H groups in total. The van der Waals surface area contributed by atoms with Gasteiger partial charge in [0.15, 0.2) is 5.60 Å². The van der Waals surface area contributed by atoms with Crippen molar-refractivity contribution >= 4 is 41.1 Å². The minimum Gasteiger partial charge on any atom is -0.481 e. The molecule has 33 heavy (non-hydrogen) atoms. The molecule has 1 aromatic carbocycles. The Morgan fingerprint density at radius 2 is 1.67 bits per heavy atom. The SMILES string of the molecule is CNc1ccc(Cl)cc1C(=O)NCCN1CCOCC1.O=C(O)CC(O)(CC(=O)O)C(=O)O. The van der Waals surface area contributed by atoms with E-state index in [0.29, 0.717) is 17.1 Å². The van der Waals surface area contributed by atoms with Crippen LogP contribution >= 0.6 is 11.6 Å². The van der Waals surface area contributed by atoms with Crippen LogP contribution in [0.15, 0.2) is 18.2 Å². The van der Waals surface area contributed by atoms with Crippen LogP contribution in [-0.4, -0.2) is 101 Å². The summed E-state index contributed by atoms with van der Waals surface area (Å²) in [6.45, 7) is 4.85. The minimum absolute atomic E-state index is 0.106. The monoisotopic (exact) mass is 489 g/mol. The van der Waals surface area contributed by atoms with Crippen LogP contribution in [0.4, 0.5) is 5.69 Å². The number of ether oxygens (including phenoxy) is 1. The van der Waals surface area contributed by atoms with E-state index in [1.165, 1.54) is 0 Å². The number of aliphatic hydroxyl groups is 1. The van der Waals surface area contributed by atoms with Crippen LogP contribution < -0.4 is 10.6 Å². The molecule has 1 aliphatic heterocycles. The number of anilines is 1. The second-order valence-electron chi connectivity index (χ2n) is 7.13. The molecule has 184 valence electrons. The lowest BCUT2D eigenvalue weighted by Gasteiger charge is -2.26. The van der Waals surface area contributed by atoms with Crippen molar-refractivity contribution in [3.8, 4) is 0 Å². The number of amides is 1. The maximum Gasteiger partial charge on any atom is 0.336 e. The van der Waals surface area contributed by atoms with Gasteiger partial charge in [-0.3, -0.25) is 19.3 Å². The number of hydrogen-bond donors (Lipinski definition) is 6. The van der Waals surface area contributed by atoms with E-state index in [2.05, 4.69) is 15.5 Å². The molecule has 0 spiro atoms. The number of morpholine rings is 1. The number of nitrogens with zero attached hydrogens (tertiary/aromatic N) is 1. The molecule has 1 heterocycles. The Morgan fingerprint density at radius 1 is 1.09 bits per heavy atom. The topological polar surface area (TPSA) is 186 Å². The van der Waals surface area contributed by atoms with Crippen molar-refractivity contribution in [3.63, 3.8) is 0 Å². The number of aliphatic carboxylic acids is 3. The van der Waals surface area contributed by atoms with Crippen LogP contribution in [0, 0.1) is 0 Å². The fourth-order valence-corrected chi connectivity index (χ4v) is 3.06. The lowest BCUT2D eigenvalue weighted by atomic mass is 9.96. The van der Waals surface area contributed by atoms with Gasteiger partial charge in [0.2, 0.25) is 0 Å². The fraction of sp³-hybridized carbons (Fsp3) is 0.500. The van der Waals surface area contributed by atoms with Crippen molar-refractivity contribution in [1.82, 2.24) is 10.2 Å². The van der Waals surface area contributed by atoms with E-state index in [1.807, 2.05) is 0 Å². The first-order valence-electron chi connectivity index (χ1n) is 9.93. The van der Waals surface area contributed by atoms with E-state index >= 15 is 0 Å². The van der Waals surface area contributed by atoms with Gasteiger partial charge in [0.25, 0.3) is 5.91 Å². The molecule has 0 atom stereocenters. The van der Waals surface area contributed by atoms with E-state index in [-0.39, 0.29) is 5.91 Å². The molecular weight excluding hydrogens is 462 g/mol. The van der Waals surface area contributed by atoms with E-state index in [9.17, 15) is 19.2 Å². The Morgan fingerprint density at radius 3 is 2.15 bits per heavy atom. The number of rotatable bonds is 10. The molecule has 1 aliphatic rings. The highest BCUT2D eigenvalue weighted by Gasteiger charge is 2.40. The summed E-state index contributed by atoms with van der Waals surface area (Å²) in [5, 5.41) is 40.3. The minimum atomic E-state index is -2.74. The average molecular weight is 490 g/mol. The van der Waals surface area contributed by atoms with Crippen LogP contribution in [0.3, 0.4) is 0 Å². The van der Waals surface area contributed by atoms with Gasteiger partial charge < -0.3 is 35.8 Å². The third-order valence-corrected chi connectivity index (χ3v) is 4.83. The van der Waals surface area contributed by atoms with Crippen molar-refractivity contribution in [3.05, 3.63) is 28.8 Å². The number of carbonyl (C=O) groups is 4. The van der Waals surface area contributed by atoms with Crippen LogP contribution in [-0.2, 0) is 19.1 Å². The molecule has 0 saturated carbocycles. The maximum atomic E-state index is 12.2. The molecule has 1 amide bonds. The van der Waals surface area contributed by atoms with Crippen molar-refractivity contribution in [2.24, 2.45) is 0 Å². The maximum absolute atomic E-state index is 12.2. The fourth-order valence-electron chi connectivity index (χ4n) is 2.88. The van der Waals surface area contributed by atoms with Crippen molar-refractivity contribution in [1.29, 1.82) is 0 Å². The number of benzene rings is 1. The first-order valence-corrected chi connectivity index (χ1v) is 10.3. The van der Waals surface area contributed by atoms with Gasteiger partial charge >= 0.3 is 17.9 Å². The molecule has 0 aromatic heterocycles. The zero-order valence-corrected chi connectivity index (χ0v) is 18.8. The Labute approximate surface area is 195 Å². The zero-order chi connectivity index (χ0) is 25.0. The molecule has 12 nitrogen and oxygen atoms in total. The van der Waals surface area contributed by atoms with Gasteiger partial charge in [-0.25, -0.2) is 4.79 Å². The van der Waals surface area contributed by atoms with Crippen LogP contribution in [0.5, 0.6) is 0 Å². The average Bonchev–Trinajstić information content (AvgIpc) is 2.73. The van der Waals surface area contributed by atoms with Crippen LogP contribution in [0.1, 0.15) is 23.2 Å². The summed E-state index contributed by atoms with van der Waals surface area (Å²) < 4.78 is 5.29. The lowest BCUT2D eigenvalue weighted by Crippen LogP contribution is -2.42. The number of hydrogen-bond acceptors (Lipinski definition) is 8. The van der Waals surface area contributed by atoms with E-state index < -0.39 is 36.4 Å².